The molecule has 0 bridgehead atoms. The van der Waals surface area contributed by atoms with Crippen molar-refractivity contribution in [2.45, 2.75) is 32.0 Å². The third-order valence-electron chi connectivity index (χ3n) is 7.29. The van der Waals surface area contributed by atoms with Gasteiger partial charge in [-0.2, -0.15) is 14.6 Å². The first-order chi connectivity index (χ1) is 20.4. The highest BCUT2D eigenvalue weighted by atomic mass is 19.1. The predicted molar refractivity (Wildman–Crippen MR) is 148 cm³/mol. The molecule has 0 unspecified atom stereocenters. The molecule has 5 aromatic rings. The zero-order valence-electron chi connectivity index (χ0n) is 22.3. The fraction of sp³-hybridized carbons (Fsp3) is 0.241. The molecule has 2 aliphatic rings. The number of hydrogen-bond donors (Lipinski definition) is 2. The first-order valence-electron chi connectivity index (χ1n) is 13.6. The molecule has 212 valence electrons. The molecule has 1 aliphatic carbocycles. The number of benzene rings is 1. The van der Waals surface area contributed by atoms with Crippen LogP contribution in [0.25, 0.3) is 28.2 Å². The van der Waals surface area contributed by atoms with Crippen LogP contribution < -0.4 is 10.6 Å². The number of imidazole rings is 1. The zero-order valence-corrected chi connectivity index (χ0v) is 22.3. The van der Waals surface area contributed by atoms with Crippen molar-refractivity contribution in [1.29, 1.82) is 0 Å². The van der Waals surface area contributed by atoms with Crippen molar-refractivity contribution in [2.24, 2.45) is 0 Å². The average Bonchev–Trinajstić information content (AvgIpc) is 3.57. The van der Waals surface area contributed by atoms with Gasteiger partial charge in [0, 0.05) is 42.5 Å². The second-order valence-electron chi connectivity index (χ2n) is 10.4. The Bertz CT molecular complexity index is 1830. The van der Waals surface area contributed by atoms with Gasteiger partial charge in [0.25, 0.3) is 5.91 Å². The molecule has 1 fully saturated rings. The van der Waals surface area contributed by atoms with E-state index in [9.17, 15) is 18.4 Å². The van der Waals surface area contributed by atoms with Gasteiger partial charge in [-0.3, -0.25) is 19.2 Å². The largest absolute Gasteiger partial charge is 0.352 e. The second-order valence-corrected chi connectivity index (χ2v) is 10.4. The minimum atomic E-state index is -0.757. The highest BCUT2D eigenvalue weighted by Crippen LogP contribution is 2.36. The third kappa shape index (κ3) is 5.21. The van der Waals surface area contributed by atoms with E-state index in [1.165, 1.54) is 24.4 Å². The number of amides is 2. The molecular weight excluding hydrogens is 544 g/mol. The highest BCUT2D eigenvalue weighted by Gasteiger charge is 2.29. The summed E-state index contributed by atoms with van der Waals surface area (Å²) in [6, 6.07) is 12.5. The van der Waals surface area contributed by atoms with E-state index in [-0.39, 0.29) is 29.7 Å². The molecular formula is C29H25F2N9O2. The first-order valence-corrected chi connectivity index (χ1v) is 13.6. The summed E-state index contributed by atoms with van der Waals surface area (Å²) in [6.07, 6.45) is 4.84. The Hall–Kier alpha value is -5.04. The van der Waals surface area contributed by atoms with Gasteiger partial charge in [-0.05, 0) is 55.3 Å². The van der Waals surface area contributed by atoms with E-state index >= 15 is 0 Å². The molecule has 2 N–H and O–H groups in total. The van der Waals surface area contributed by atoms with Crippen molar-refractivity contribution in [3.8, 4) is 22.5 Å². The average molecular weight is 570 g/mol. The number of aromatic nitrogens is 6. The minimum absolute atomic E-state index is 0.00724. The van der Waals surface area contributed by atoms with Gasteiger partial charge in [-0.15, -0.1) is 0 Å². The van der Waals surface area contributed by atoms with Crippen LogP contribution in [0, 0.1) is 11.8 Å². The normalized spacial score (nSPS) is 15.0. The molecule has 0 spiro atoms. The molecule has 7 rings (SSSR count). The van der Waals surface area contributed by atoms with Gasteiger partial charge in [0.1, 0.15) is 11.5 Å². The van der Waals surface area contributed by atoms with Crippen molar-refractivity contribution >= 4 is 23.3 Å². The lowest BCUT2D eigenvalue weighted by Crippen LogP contribution is -2.42. The fourth-order valence-corrected chi connectivity index (χ4v) is 5.10. The first kappa shape index (κ1) is 25.9. The molecule has 1 saturated carbocycles. The number of carbonyl (C=O) groups is 2. The molecule has 1 aromatic carbocycles. The van der Waals surface area contributed by atoms with Crippen LogP contribution in [0.1, 0.15) is 28.9 Å². The Labute approximate surface area is 238 Å². The topological polar surface area (TPSA) is 122 Å². The standard InChI is InChI=1S/C29H25F2N9O2/c30-19-3-1-17(2-4-19)28-27(22-14-38(11-12-39(22)37-28)16-26(41)33-20-5-6-20)21-7-8-25-34-24(15-40(25)36-21)35-29(42)18-9-10-32-23(31)13-18/h1-4,7-10,13,15,20H,5-6,11-12,14,16H2,(H,33,41)(H,35,42). The molecule has 4 aromatic heterocycles. The Balaban J connectivity index is 1.23. The van der Waals surface area contributed by atoms with Crippen molar-refractivity contribution in [3.05, 3.63) is 83.9 Å². The molecule has 42 heavy (non-hydrogen) atoms. The molecule has 5 heterocycles. The van der Waals surface area contributed by atoms with Crippen molar-refractivity contribution in [3.63, 3.8) is 0 Å². The van der Waals surface area contributed by atoms with Crippen LogP contribution in [0.4, 0.5) is 14.6 Å². The molecule has 0 atom stereocenters. The zero-order chi connectivity index (χ0) is 28.8. The number of nitrogens with one attached hydrogen (secondary N) is 2. The number of anilines is 1. The van der Waals surface area contributed by atoms with Gasteiger partial charge in [-0.25, -0.2) is 18.9 Å². The summed E-state index contributed by atoms with van der Waals surface area (Å²) >= 11 is 0. The Kier molecular flexibility index (Phi) is 6.42. The predicted octanol–water partition coefficient (Wildman–Crippen LogP) is 3.28. The summed E-state index contributed by atoms with van der Waals surface area (Å²) in [5.74, 6) is -1.39. The van der Waals surface area contributed by atoms with E-state index in [1.807, 2.05) is 10.7 Å². The maximum absolute atomic E-state index is 13.8. The summed E-state index contributed by atoms with van der Waals surface area (Å²) < 4.78 is 30.7. The smallest absolute Gasteiger partial charge is 0.257 e. The molecule has 1 aliphatic heterocycles. The van der Waals surface area contributed by atoms with Crippen LogP contribution >= 0.6 is 0 Å². The maximum Gasteiger partial charge on any atom is 0.257 e. The van der Waals surface area contributed by atoms with E-state index in [2.05, 4.69) is 25.5 Å². The quantitative estimate of drug-likeness (QED) is 0.289. The Morgan fingerprint density at radius 1 is 1.00 bits per heavy atom. The van der Waals surface area contributed by atoms with Crippen LogP contribution in [-0.2, 0) is 17.9 Å². The van der Waals surface area contributed by atoms with Crippen molar-refractivity contribution < 1.29 is 18.4 Å². The third-order valence-corrected chi connectivity index (χ3v) is 7.29. The van der Waals surface area contributed by atoms with Crippen molar-refractivity contribution in [1.82, 2.24) is 39.6 Å². The number of pyridine rings is 1. The number of fused-ring (bicyclic) bond motifs is 2. The second kappa shape index (κ2) is 10.4. The van der Waals surface area contributed by atoms with E-state index in [0.717, 1.165) is 35.7 Å². The lowest BCUT2D eigenvalue weighted by Gasteiger charge is -2.27. The number of hydrogen-bond acceptors (Lipinski definition) is 7. The number of carbonyl (C=O) groups excluding carboxylic acids is 2. The SMILES string of the molecule is O=C(CN1CCn2nc(-c3ccc(F)cc3)c(-c3ccc4nc(NC(=O)c5ccnc(F)c5)cn4n3)c2C1)NC1CC1. The van der Waals surface area contributed by atoms with Crippen molar-refractivity contribution in [2.75, 3.05) is 18.4 Å². The molecule has 0 radical (unpaired) electrons. The maximum atomic E-state index is 13.8. The lowest BCUT2D eigenvalue weighted by atomic mass is 10.0. The lowest BCUT2D eigenvalue weighted by molar-refractivity contribution is -0.122. The van der Waals surface area contributed by atoms with Gasteiger partial charge < -0.3 is 10.6 Å². The van der Waals surface area contributed by atoms with E-state index in [0.29, 0.717) is 42.7 Å². The van der Waals surface area contributed by atoms with Crippen LogP contribution in [0.3, 0.4) is 0 Å². The Morgan fingerprint density at radius 3 is 2.62 bits per heavy atom. The van der Waals surface area contributed by atoms with Crippen LogP contribution in [0.15, 0.2) is 60.9 Å². The van der Waals surface area contributed by atoms with Gasteiger partial charge in [0.15, 0.2) is 11.5 Å². The van der Waals surface area contributed by atoms with Crippen LogP contribution in [-0.4, -0.2) is 65.2 Å². The monoisotopic (exact) mass is 569 g/mol. The molecule has 11 nitrogen and oxygen atoms in total. The van der Waals surface area contributed by atoms with E-state index in [1.54, 1.807) is 28.9 Å². The number of nitrogens with zero attached hydrogens (tertiary/aromatic N) is 7. The molecule has 13 heteroatoms. The number of rotatable bonds is 7. The summed E-state index contributed by atoms with van der Waals surface area (Å²) in [5, 5.41) is 15.4. The Morgan fingerprint density at radius 2 is 1.83 bits per heavy atom. The summed E-state index contributed by atoms with van der Waals surface area (Å²) in [4.78, 5) is 35.1. The highest BCUT2D eigenvalue weighted by molar-refractivity contribution is 6.03. The van der Waals surface area contributed by atoms with Gasteiger partial charge >= 0.3 is 0 Å². The minimum Gasteiger partial charge on any atom is -0.352 e. The van der Waals surface area contributed by atoms with E-state index < -0.39 is 11.9 Å². The van der Waals surface area contributed by atoms with Crippen LogP contribution in [0.5, 0.6) is 0 Å². The van der Waals surface area contributed by atoms with Crippen LogP contribution in [0.2, 0.25) is 0 Å². The summed E-state index contributed by atoms with van der Waals surface area (Å²) in [6.45, 7) is 2.01. The van der Waals surface area contributed by atoms with Gasteiger partial charge in [0.2, 0.25) is 11.9 Å². The van der Waals surface area contributed by atoms with Gasteiger partial charge in [-0.1, -0.05) is 0 Å². The fourth-order valence-electron chi connectivity index (χ4n) is 5.10. The summed E-state index contributed by atoms with van der Waals surface area (Å²) in [5.41, 5.74) is 4.23. The summed E-state index contributed by atoms with van der Waals surface area (Å²) in [7, 11) is 0. The number of halogens is 2. The molecule has 2 amide bonds. The van der Waals surface area contributed by atoms with E-state index in [4.69, 9.17) is 10.2 Å². The van der Waals surface area contributed by atoms with Gasteiger partial charge in [0.05, 0.1) is 36.2 Å². The molecule has 0 saturated heterocycles.